The zero-order valence-electron chi connectivity index (χ0n) is 13.0. The molecule has 0 saturated carbocycles. The van der Waals surface area contributed by atoms with Crippen LogP contribution in [0.2, 0.25) is 0 Å². The number of nitrogens with zero attached hydrogens (tertiary/aromatic N) is 1. The number of nitrogens with one attached hydrogen (secondary N) is 1. The fraction of sp³-hybridized carbons (Fsp3) is 0.312. The van der Waals surface area contributed by atoms with E-state index in [1.54, 1.807) is 18.4 Å². The number of anilines is 1. The van der Waals surface area contributed by atoms with Crippen molar-refractivity contribution < 1.29 is 19.1 Å². The molecule has 2 aromatic rings. The van der Waals surface area contributed by atoms with Gasteiger partial charge in [-0.15, -0.1) is 11.3 Å². The highest BCUT2D eigenvalue weighted by molar-refractivity contribution is 7.14. The standard InChI is InChI=1S/C16H18N2O4S/c1-3-11-6-5-7-12(8-11)22-9-14(19)18-16-17-13(10-23-16)15(20)21-4-2/h5-8,10H,3-4,9H2,1-2H3,(H,17,18,19). The molecule has 0 radical (unpaired) electrons. The lowest BCUT2D eigenvalue weighted by molar-refractivity contribution is -0.118. The van der Waals surface area contributed by atoms with Crippen LogP contribution in [-0.4, -0.2) is 30.1 Å². The molecule has 0 unspecified atom stereocenters. The number of amides is 1. The summed E-state index contributed by atoms with van der Waals surface area (Å²) < 4.78 is 10.3. The van der Waals surface area contributed by atoms with E-state index in [0.717, 1.165) is 23.3 Å². The van der Waals surface area contributed by atoms with Gasteiger partial charge in [0.1, 0.15) is 5.75 Å². The van der Waals surface area contributed by atoms with Gasteiger partial charge in [0.15, 0.2) is 17.4 Å². The molecule has 6 nitrogen and oxygen atoms in total. The molecule has 0 bridgehead atoms. The number of thiazole rings is 1. The van der Waals surface area contributed by atoms with E-state index >= 15 is 0 Å². The van der Waals surface area contributed by atoms with E-state index < -0.39 is 5.97 Å². The maximum Gasteiger partial charge on any atom is 0.357 e. The van der Waals surface area contributed by atoms with Gasteiger partial charge in [-0.25, -0.2) is 9.78 Å². The number of hydrogen-bond donors (Lipinski definition) is 1. The van der Waals surface area contributed by atoms with E-state index in [1.165, 1.54) is 0 Å². The maximum absolute atomic E-state index is 11.9. The average molecular weight is 334 g/mol. The second-order valence-corrected chi connectivity index (χ2v) is 5.45. The van der Waals surface area contributed by atoms with Crippen molar-refractivity contribution in [3.05, 3.63) is 40.9 Å². The summed E-state index contributed by atoms with van der Waals surface area (Å²) >= 11 is 1.16. The fourth-order valence-corrected chi connectivity index (χ4v) is 2.49. The summed E-state index contributed by atoms with van der Waals surface area (Å²) in [5, 5.41) is 4.47. The molecule has 7 heteroatoms. The Hall–Kier alpha value is -2.41. The average Bonchev–Trinajstić information content (AvgIpc) is 3.02. The first kappa shape index (κ1) is 17.0. The number of carbonyl (C=O) groups excluding carboxylic acids is 2. The highest BCUT2D eigenvalue weighted by Gasteiger charge is 2.13. The summed E-state index contributed by atoms with van der Waals surface area (Å²) in [5.74, 6) is -0.195. The Morgan fingerprint density at radius 1 is 1.30 bits per heavy atom. The van der Waals surface area contributed by atoms with Gasteiger partial charge in [0.05, 0.1) is 6.61 Å². The molecule has 1 amide bonds. The van der Waals surface area contributed by atoms with Crippen LogP contribution >= 0.6 is 11.3 Å². The van der Waals surface area contributed by atoms with Crippen LogP contribution in [0.5, 0.6) is 5.75 Å². The van der Waals surface area contributed by atoms with Crippen LogP contribution in [0.15, 0.2) is 29.6 Å². The van der Waals surface area contributed by atoms with Gasteiger partial charge in [0.2, 0.25) is 0 Å². The number of rotatable bonds is 7. The summed E-state index contributed by atoms with van der Waals surface area (Å²) in [6, 6.07) is 7.59. The molecular weight excluding hydrogens is 316 g/mol. The minimum Gasteiger partial charge on any atom is -0.484 e. The van der Waals surface area contributed by atoms with Crippen LogP contribution in [0, 0.1) is 0 Å². The van der Waals surface area contributed by atoms with Crippen molar-refractivity contribution in [1.82, 2.24) is 4.98 Å². The Balaban J connectivity index is 1.86. The highest BCUT2D eigenvalue weighted by atomic mass is 32.1. The Kier molecular flexibility index (Phi) is 6.10. The third kappa shape index (κ3) is 5.07. The second kappa shape index (κ2) is 8.28. The summed E-state index contributed by atoms with van der Waals surface area (Å²) in [6.07, 6.45) is 0.902. The number of carbonyl (C=O) groups is 2. The van der Waals surface area contributed by atoms with Gasteiger partial charge >= 0.3 is 5.97 Å². The summed E-state index contributed by atoms with van der Waals surface area (Å²) in [5.41, 5.74) is 1.32. The van der Waals surface area contributed by atoms with Crippen molar-refractivity contribution in [1.29, 1.82) is 0 Å². The first-order chi connectivity index (χ1) is 11.1. The minimum atomic E-state index is -0.503. The lowest BCUT2D eigenvalue weighted by atomic mass is 10.2. The van der Waals surface area contributed by atoms with Gasteiger partial charge in [0.25, 0.3) is 5.91 Å². The molecule has 1 aromatic heterocycles. The largest absolute Gasteiger partial charge is 0.484 e. The van der Waals surface area contributed by atoms with Crippen LogP contribution in [-0.2, 0) is 16.0 Å². The van der Waals surface area contributed by atoms with E-state index in [2.05, 4.69) is 17.2 Å². The van der Waals surface area contributed by atoms with Crippen molar-refractivity contribution in [3.8, 4) is 5.75 Å². The van der Waals surface area contributed by atoms with Gasteiger partial charge in [-0.3, -0.25) is 10.1 Å². The number of ether oxygens (including phenoxy) is 2. The predicted octanol–water partition coefficient (Wildman–Crippen LogP) is 2.90. The predicted molar refractivity (Wildman–Crippen MR) is 88.0 cm³/mol. The van der Waals surface area contributed by atoms with Crippen molar-refractivity contribution in [2.45, 2.75) is 20.3 Å². The zero-order valence-corrected chi connectivity index (χ0v) is 13.8. The normalized spacial score (nSPS) is 10.2. The highest BCUT2D eigenvalue weighted by Crippen LogP contribution is 2.17. The Bertz CT molecular complexity index is 684. The van der Waals surface area contributed by atoms with Crippen molar-refractivity contribution >= 4 is 28.3 Å². The third-order valence-corrected chi connectivity index (χ3v) is 3.67. The maximum atomic E-state index is 11.9. The number of esters is 1. The van der Waals surface area contributed by atoms with Crippen molar-refractivity contribution in [2.24, 2.45) is 0 Å². The molecular formula is C16H18N2O4S. The second-order valence-electron chi connectivity index (χ2n) is 4.60. The van der Waals surface area contributed by atoms with Crippen molar-refractivity contribution in [2.75, 3.05) is 18.5 Å². The van der Waals surface area contributed by atoms with Gasteiger partial charge < -0.3 is 9.47 Å². The summed E-state index contributed by atoms with van der Waals surface area (Å²) in [6.45, 7) is 3.93. The van der Waals surface area contributed by atoms with Crippen LogP contribution in [0.4, 0.5) is 5.13 Å². The van der Waals surface area contributed by atoms with E-state index in [9.17, 15) is 9.59 Å². The number of aryl methyl sites for hydroxylation is 1. The Morgan fingerprint density at radius 2 is 2.13 bits per heavy atom. The lowest BCUT2D eigenvalue weighted by Gasteiger charge is -2.07. The van der Waals surface area contributed by atoms with Crippen LogP contribution in [0.25, 0.3) is 0 Å². The van der Waals surface area contributed by atoms with E-state index in [1.807, 2.05) is 18.2 Å². The van der Waals surface area contributed by atoms with Gasteiger partial charge in [-0.2, -0.15) is 0 Å². The fourth-order valence-electron chi connectivity index (χ4n) is 1.79. The summed E-state index contributed by atoms with van der Waals surface area (Å²) in [4.78, 5) is 27.4. The molecule has 23 heavy (non-hydrogen) atoms. The Morgan fingerprint density at radius 3 is 2.87 bits per heavy atom. The molecule has 0 aliphatic carbocycles. The first-order valence-electron chi connectivity index (χ1n) is 7.26. The summed E-state index contributed by atoms with van der Waals surface area (Å²) in [7, 11) is 0. The molecule has 0 aliphatic rings. The smallest absolute Gasteiger partial charge is 0.357 e. The number of hydrogen-bond acceptors (Lipinski definition) is 6. The van der Waals surface area contributed by atoms with Crippen molar-refractivity contribution in [3.63, 3.8) is 0 Å². The number of aromatic nitrogens is 1. The van der Waals surface area contributed by atoms with E-state index in [0.29, 0.717) is 10.9 Å². The molecule has 1 N–H and O–H groups in total. The Labute approximate surface area is 138 Å². The molecule has 0 saturated heterocycles. The SMILES string of the molecule is CCOC(=O)c1csc(NC(=O)COc2cccc(CC)c2)n1. The van der Waals surface area contributed by atoms with Crippen LogP contribution in [0.3, 0.4) is 0 Å². The van der Waals surface area contributed by atoms with Crippen LogP contribution < -0.4 is 10.1 Å². The third-order valence-electron chi connectivity index (χ3n) is 2.91. The monoisotopic (exact) mass is 334 g/mol. The quantitative estimate of drug-likeness (QED) is 0.788. The molecule has 122 valence electrons. The van der Waals surface area contributed by atoms with Gasteiger partial charge in [-0.1, -0.05) is 19.1 Å². The van der Waals surface area contributed by atoms with Crippen LogP contribution in [0.1, 0.15) is 29.9 Å². The molecule has 0 aliphatic heterocycles. The lowest BCUT2D eigenvalue weighted by Crippen LogP contribution is -2.20. The van der Waals surface area contributed by atoms with Gasteiger partial charge in [0, 0.05) is 5.38 Å². The molecule has 0 spiro atoms. The minimum absolute atomic E-state index is 0.124. The van der Waals surface area contributed by atoms with E-state index in [4.69, 9.17) is 9.47 Å². The molecule has 1 heterocycles. The molecule has 0 atom stereocenters. The first-order valence-corrected chi connectivity index (χ1v) is 8.14. The van der Waals surface area contributed by atoms with Gasteiger partial charge in [-0.05, 0) is 31.0 Å². The topological polar surface area (TPSA) is 77.5 Å². The molecule has 0 fully saturated rings. The molecule has 1 aromatic carbocycles. The van der Waals surface area contributed by atoms with E-state index in [-0.39, 0.29) is 24.8 Å². The molecule has 2 rings (SSSR count). The number of benzene rings is 1. The zero-order chi connectivity index (χ0) is 16.7.